The van der Waals surface area contributed by atoms with Crippen LogP contribution in [-0.2, 0) is 0 Å². The third-order valence-corrected chi connectivity index (χ3v) is 5.64. The summed E-state index contributed by atoms with van der Waals surface area (Å²) < 4.78 is 4.15. The molecule has 0 spiro atoms. The van der Waals surface area contributed by atoms with Crippen LogP contribution in [0.15, 0.2) is 43.5 Å². The van der Waals surface area contributed by atoms with Crippen molar-refractivity contribution in [1.29, 1.82) is 0 Å². The molecule has 0 radical (unpaired) electrons. The van der Waals surface area contributed by atoms with Crippen LogP contribution in [0.1, 0.15) is 18.9 Å². The van der Waals surface area contributed by atoms with Crippen LogP contribution in [0.2, 0.25) is 0 Å². The van der Waals surface area contributed by atoms with E-state index in [0.717, 1.165) is 37.4 Å². The SMILES string of the molecule is O[C@@H]1C[C@H]2CN(c3cncc4nccn34)C[C@H]2C[C@H]1n1ccnc1. The molecule has 2 aliphatic rings. The molecule has 0 amide bonds. The smallest absolute Gasteiger partial charge is 0.156 e. The fourth-order valence-corrected chi connectivity index (χ4v) is 4.45. The number of aliphatic hydroxyl groups excluding tert-OH is 1. The van der Waals surface area contributed by atoms with Crippen LogP contribution >= 0.6 is 0 Å². The van der Waals surface area contributed by atoms with Gasteiger partial charge in [0.2, 0.25) is 0 Å². The Morgan fingerprint density at radius 1 is 1.00 bits per heavy atom. The van der Waals surface area contributed by atoms with Crippen molar-refractivity contribution in [2.24, 2.45) is 11.8 Å². The van der Waals surface area contributed by atoms with Crippen molar-refractivity contribution in [1.82, 2.24) is 23.9 Å². The van der Waals surface area contributed by atoms with E-state index in [9.17, 15) is 5.11 Å². The zero-order chi connectivity index (χ0) is 16.1. The topological polar surface area (TPSA) is 71.5 Å². The van der Waals surface area contributed by atoms with Gasteiger partial charge in [-0.15, -0.1) is 0 Å². The highest BCUT2D eigenvalue weighted by Crippen LogP contribution is 2.42. The first-order valence-corrected chi connectivity index (χ1v) is 8.47. The Hall–Kier alpha value is -2.41. The Morgan fingerprint density at radius 2 is 1.88 bits per heavy atom. The average Bonchev–Trinajstić information content (AvgIpc) is 3.32. The fourth-order valence-electron chi connectivity index (χ4n) is 4.45. The van der Waals surface area contributed by atoms with Crippen LogP contribution in [0.5, 0.6) is 0 Å². The largest absolute Gasteiger partial charge is 0.391 e. The Balaban J connectivity index is 1.41. The highest BCUT2D eigenvalue weighted by atomic mass is 16.3. The van der Waals surface area contributed by atoms with E-state index in [2.05, 4.69) is 28.8 Å². The predicted molar refractivity (Wildman–Crippen MR) is 88.7 cm³/mol. The molecule has 124 valence electrons. The molecular formula is C17H20N6O. The molecule has 7 nitrogen and oxygen atoms in total. The zero-order valence-electron chi connectivity index (χ0n) is 13.3. The van der Waals surface area contributed by atoms with Gasteiger partial charge in [0, 0.05) is 37.9 Å². The lowest BCUT2D eigenvalue weighted by atomic mass is 9.77. The first-order chi connectivity index (χ1) is 11.8. The lowest BCUT2D eigenvalue weighted by Crippen LogP contribution is -2.35. The van der Waals surface area contributed by atoms with Crippen molar-refractivity contribution in [2.45, 2.75) is 25.0 Å². The van der Waals surface area contributed by atoms with Crippen LogP contribution in [0.25, 0.3) is 5.65 Å². The van der Waals surface area contributed by atoms with Gasteiger partial charge in [-0.25, -0.2) is 9.97 Å². The summed E-state index contributed by atoms with van der Waals surface area (Å²) in [5.41, 5.74) is 0.874. The summed E-state index contributed by atoms with van der Waals surface area (Å²) in [6, 6.07) is 0.135. The normalized spacial score (nSPS) is 30.0. The van der Waals surface area contributed by atoms with E-state index in [1.807, 2.05) is 31.1 Å². The van der Waals surface area contributed by atoms with Gasteiger partial charge in [-0.1, -0.05) is 0 Å². The van der Waals surface area contributed by atoms with Crippen molar-refractivity contribution >= 4 is 11.5 Å². The molecule has 1 aliphatic carbocycles. The monoisotopic (exact) mass is 324 g/mol. The van der Waals surface area contributed by atoms with Crippen molar-refractivity contribution in [3.05, 3.63) is 43.5 Å². The highest BCUT2D eigenvalue weighted by molar-refractivity contribution is 5.49. The van der Waals surface area contributed by atoms with E-state index in [1.165, 1.54) is 0 Å². The summed E-state index contributed by atoms with van der Waals surface area (Å²) in [5, 5.41) is 10.6. The van der Waals surface area contributed by atoms with E-state index < -0.39 is 0 Å². The van der Waals surface area contributed by atoms with Crippen LogP contribution in [0.4, 0.5) is 5.82 Å². The fraction of sp³-hybridized carbons (Fsp3) is 0.471. The average molecular weight is 324 g/mol. The maximum atomic E-state index is 10.6. The second kappa shape index (κ2) is 5.31. The third kappa shape index (κ3) is 2.11. The van der Waals surface area contributed by atoms with Crippen molar-refractivity contribution in [3.8, 4) is 0 Å². The van der Waals surface area contributed by atoms with E-state index in [4.69, 9.17) is 0 Å². The number of rotatable bonds is 2. The molecule has 2 fully saturated rings. The standard InChI is InChI=1S/C17H20N6O/c24-15-6-13-10-22(17-8-19-7-16-20-2-4-23(16)17)9-12(13)5-14(15)21-3-1-18-11-21/h1-4,7-8,11-15,24H,5-6,9-10H2/t12-,13+,14-,15-/m1/s1. The molecule has 0 unspecified atom stereocenters. The number of hydrogen-bond acceptors (Lipinski definition) is 5. The molecule has 3 aromatic heterocycles. The second-order valence-corrected chi connectivity index (χ2v) is 6.96. The molecule has 1 N–H and O–H groups in total. The van der Waals surface area contributed by atoms with Gasteiger partial charge in [0.05, 0.1) is 30.9 Å². The third-order valence-electron chi connectivity index (χ3n) is 5.64. The number of fused-ring (bicyclic) bond motifs is 2. The molecule has 0 bridgehead atoms. The number of hydrogen-bond donors (Lipinski definition) is 1. The van der Waals surface area contributed by atoms with Gasteiger partial charge in [-0.2, -0.15) is 0 Å². The van der Waals surface area contributed by atoms with Gasteiger partial charge in [0.15, 0.2) is 5.65 Å². The van der Waals surface area contributed by atoms with Gasteiger partial charge in [-0.05, 0) is 24.7 Å². The van der Waals surface area contributed by atoms with E-state index in [-0.39, 0.29) is 12.1 Å². The van der Waals surface area contributed by atoms with Crippen molar-refractivity contribution < 1.29 is 5.11 Å². The lowest BCUT2D eigenvalue weighted by molar-refractivity contribution is 0.0358. The minimum absolute atomic E-state index is 0.135. The minimum Gasteiger partial charge on any atom is -0.391 e. The molecular weight excluding hydrogens is 304 g/mol. The number of anilines is 1. The summed E-state index contributed by atoms with van der Waals surface area (Å²) in [6.07, 6.45) is 14.6. The zero-order valence-corrected chi connectivity index (χ0v) is 13.3. The molecule has 4 atom stereocenters. The van der Waals surface area contributed by atoms with Gasteiger partial charge < -0.3 is 14.6 Å². The number of nitrogens with zero attached hydrogens (tertiary/aromatic N) is 6. The Labute approximate surface area is 139 Å². The summed E-state index contributed by atoms with van der Waals surface area (Å²) in [7, 11) is 0. The Morgan fingerprint density at radius 3 is 2.71 bits per heavy atom. The van der Waals surface area contributed by atoms with Crippen molar-refractivity contribution in [2.75, 3.05) is 18.0 Å². The van der Waals surface area contributed by atoms with Crippen molar-refractivity contribution in [3.63, 3.8) is 0 Å². The highest BCUT2D eigenvalue weighted by Gasteiger charge is 2.42. The van der Waals surface area contributed by atoms with Crippen LogP contribution < -0.4 is 4.90 Å². The lowest BCUT2D eigenvalue weighted by Gasteiger charge is -2.35. The van der Waals surface area contributed by atoms with E-state index >= 15 is 0 Å². The quantitative estimate of drug-likeness (QED) is 0.771. The molecule has 0 aromatic carbocycles. The molecule has 1 aliphatic heterocycles. The first-order valence-electron chi connectivity index (χ1n) is 8.47. The number of imidazole rings is 2. The second-order valence-electron chi connectivity index (χ2n) is 6.96. The molecule has 3 aromatic rings. The molecule has 4 heterocycles. The summed E-state index contributed by atoms with van der Waals surface area (Å²) in [4.78, 5) is 15.2. The predicted octanol–water partition coefficient (Wildman–Crippen LogP) is 1.37. The Bertz CT molecular complexity index is 844. The summed E-state index contributed by atoms with van der Waals surface area (Å²) >= 11 is 0. The molecule has 24 heavy (non-hydrogen) atoms. The molecule has 1 saturated heterocycles. The van der Waals surface area contributed by atoms with Gasteiger partial charge >= 0.3 is 0 Å². The van der Waals surface area contributed by atoms with Crippen LogP contribution in [0.3, 0.4) is 0 Å². The van der Waals surface area contributed by atoms with Crippen LogP contribution in [0, 0.1) is 11.8 Å². The summed E-state index contributed by atoms with van der Waals surface area (Å²) in [6.45, 7) is 1.97. The van der Waals surface area contributed by atoms with Gasteiger partial charge in [0.25, 0.3) is 0 Å². The molecule has 7 heteroatoms. The number of aliphatic hydroxyl groups is 1. The maximum absolute atomic E-state index is 10.6. The molecule has 5 rings (SSSR count). The minimum atomic E-state index is -0.303. The van der Waals surface area contributed by atoms with Gasteiger partial charge in [0.1, 0.15) is 5.82 Å². The van der Waals surface area contributed by atoms with E-state index in [0.29, 0.717) is 11.8 Å². The maximum Gasteiger partial charge on any atom is 0.156 e. The number of aromatic nitrogens is 5. The summed E-state index contributed by atoms with van der Waals surface area (Å²) in [5.74, 6) is 2.20. The Kier molecular flexibility index (Phi) is 3.09. The van der Waals surface area contributed by atoms with Gasteiger partial charge in [-0.3, -0.25) is 9.38 Å². The molecule has 1 saturated carbocycles. The first kappa shape index (κ1) is 14.0. The van der Waals surface area contributed by atoms with E-state index in [1.54, 1.807) is 12.4 Å². The van der Waals surface area contributed by atoms with Crippen LogP contribution in [-0.4, -0.2) is 48.2 Å².